The van der Waals surface area contributed by atoms with Gasteiger partial charge in [0.25, 0.3) is 5.69 Å². The molecule has 1 N–H and O–H groups in total. The van der Waals surface area contributed by atoms with Crippen LogP contribution < -0.4 is 4.74 Å². The third-order valence-corrected chi connectivity index (χ3v) is 5.48. The highest BCUT2D eigenvalue weighted by atomic mass is 16.6. The molecule has 156 valence electrons. The average molecular weight is 407 g/mol. The number of ether oxygens (including phenoxy) is 1. The van der Waals surface area contributed by atoms with Crippen LogP contribution in [0.2, 0.25) is 0 Å². The number of hydrogen-bond donors (Lipinski definition) is 1. The number of non-ortho nitro benzene ring substituents is 1. The van der Waals surface area contributed by atoms with E-state index in [-0.39, 0.29) is 22.4 Å². The van der Waals surface area contributed by atoms with Crippen molar-refractivity contribution in [3.63, 3.8) is 0 Å². The Bertz CT molecular complexity index is 1030. The predicted octanol–water partition coefficient (Wildman–Crippen LogP) is 4.50. The summed E-state index contributed by atoms with van der Waals surface area (Å²) in [5.41, 5.74) is 3.33. The highest BCUT2D eigenvalue weighted by molar-refractivity contribution is 5.42. The van der Waals surface area contributed by atoms with Crippen LogP contribution in [0.4, 0.5) is 5.69 Å². The Balaban J connectivity index is 1.70. The van der Waals surface area contributed by atoms with Gasteiger partial charge in [-0.3, -0.25) is 15.0 Å². The average Bonchev–Trinajstić information content (AvgIpc) is 3.12. The van der Waals surface area contributed by atoms with Gasteiger partial charge in [0.05, 0.1) is 17.6 Å². The van der Waals surface area contributed by atoms with Gasteiger partial charge < -0.3 is 14.4 Å². The van der Waals surface area contributed by atoms with Gasteiger partial charge in [0.1, 0.15) is 0 Å². The van der Waals surface area contributed by atoms with Crippen LogP contribution in [0.1, 0.15) is 36.2 Å². The summed E-state index contributed by atoms with van der Waals surface area (Å²) in [6.45, 7) is 4.86. The molecule has 1 aromatic heterocycles. The number of nitro benzene ring substituents is 1. The molecule has 0 aliphatic carbocycles. The fourth-order valence-electron chi connectivity index (χ4n) is 4.13. The summed E-state index contributed by atoms with van der Waals surface area (Å²) in [4.78, 5) is 13.1. The van der Waals surface area contributed by atoms with Crippen LogP contribution in [0, 0.1) is 10.1 Å². The lowest BCUT2D eigenvalue weighted by molar-refractivity contribution is -0.384. The van der Waals surface area contributed by atoms with Gasteiger partial charge in [-0.15, -0.1) is 0 Å². The second-order valence-electron chi connectivity index (χ2n) is 7.44. The zero-order valence-electron chi connectivity index (χ0n) is 16.9. The van der Waals surface area contributed by atoms with Crippen LogP contribution in [0.3, 0.4) is 0 Å². The number of phenolic OH excluding ortho intramolecular Hbond substituents is 1. The largest absolute Gasteiger partial charge is 0.504 e. The maximum atomic E-state index is 11.1. The minimum absolute atomic E-state index is 0.0207. The van der Waals surface area contributed by atoms with E-state index in [2.05, 4.69) is 21.7 Å². The van der Waals surface area contributed by atoms with Crippen LogP contribution >= 0.6 is 0 Å². The second kappa shape index (κ2) is 8.59. The number of benzene rings is 2. The summed E-state index contributed by atoms with van der Waals surface area (Å²) in [6, 6.07) is 16.4. The van der Waals surface area contributed by atoms with Gasteiger partial charge in [0.15, 0.2) is 11.5 Å². The van der Waals surface area contributed by atoms with Crippen LogP contribution in [0.5, 0.6) is 11.5 Å². The van der Waals surface area contributed by atoms with E-state index in [4.69, 9.17) is 4.74 Å². The molecule has 30 heavy (non-hydrogen) atoms. The van der Waals surface area contributed by atoms with Crippen molar-refractivity contribution in [2.45, 2.75) is 32.5 Å². The number of nitro groups is 1. The number of phenols is 1. The Labute approximate surface area is 175 Å². The smallest absolute Gasteiger partial charge is 0.269 e. The van der Waals surface area contributed by atoms with Crippen molar-refractivity contribution >= 4 is 5.69 Å². The van der Waals surface area contributed by atoms with E-state index in [1.807, 2.05) is 37.3 Å². The number of fused-ring (bicyclic) bond motifs is 1. The quantitative estimate of drug-likeness (QED) is 0.481. The third kappa shape index (κ3) is 4.02. The van der Waals surface area contributed by atoms with Crippen molar-refractivity contribution in [3.05, 3.63) is 87.7 Å². The van der Waals surface area contributed by atoms with Crippen LogP contribution in [0.25, 0.3) is 0 Å². The predicted molar refractivity (Wildman–Crippen MR) is 114 cm³/mol. The molecule has 2 heterocycles. The molecule has 0 fully saturated rings. The van der Waals surface area contributed by atoms with Crippen LogP contribution in [0.15, 0.2) is 60.8 Å². The van der Waals surface area contributed by atoms with Gasteiger partial charge in [-0.25, -0.2) is 0 Å². The molecule has 7 heteroatoms. The molecular formula is C23H25N3O4. The van der Waals surface area contributed by atoms with E-state index in [0.717, 1.165) is 30.6 Å². The lowest BCUT2D eigenvalue weighted by Gasteiger charge is -2.30. The molecule has 1 aliphatic rings. The first-order valence-electron chi connectivity index (χ1n) is 10.1. The number of aromatic hydroxyl groups is 1. The van der Waals surface area contributed by atoms with Crippen molar-refractivity contribution < 1.29 is 14.8 Å². The number of aryl methyl sites for hydroxylation is 1. The third-order valence-electron chi connectivity index (χ3n) is 5.48. The highest BCUT2D eigenvalue weighted by Crippen LogP contribution is 2.35. The Morgan fingerprint density at radius 1 is 1.17 bits per heavy atom. The molecule has 7 nitrogen and oxygen atoms in total. The van der Waals surface area contributed by atoms with Gasteiger partial charge in [-0.1, -0.05) is 18.2 Å². The van der Waals surface area contributed by atoms with Crippen molar-refractivity contribution in [3.8, 4) is 11.5 Å². The zero-order chi connectivity index (χ0) is 21.1. The van der Waals surface area contributed by atoms with Gasteiger partial charge in [0, 0.05) is 43.7 Å². The molecular weight excluding hydrogens is 382 g/mol. The molecule has 0 saturated heterocycles. The van der Waals surface area contributed by atoms with Gasteiger partial charge in [-0.05, 0) is 48.7 Å². The normalized spacial score (nSPS) is 16.6. The second-order valence-corrected chi connectivity index (χ2v) is 7.44. The number of rotatable bonds is 6. The molecule has 2 aromatic carbocycles. The number of nitrogens with zero attached hydrogens (tertiary/aromatic N) is 3. The summed E-state index contributed by atoms with van der Waals surface area (Å²) in [5.74, 6) is 0.623. The summed E-state index contributed by atoms with van der Waals surface area (Å²) in [5, 5.41) is 21.1. The summed E-state index contributed by atoms with van der Waals surface area (Å²) >= 11 is 0. The van der Waals surface area contributed by atoms with Crippen LogP contribution in [-0.4, -0.2) is 32.6 Å². The Morgan fingerprint density at radius 2 is 1.97 bits per heavy atom. The molecule has 1 atom stereocenters. The summed E-state index contributed by atoms with van der Waals surface area (Å²) in [7, 11) is 0. The fraction of sp³-hybridized carbons (Fsp3) is 0.304. The molecule has 0 saturated carbocycles. The Morgan fingerprint density at radius 3 is 2.70 bits per heavy atom. The monoisotopic (exact) mass is 407 g/mol. The lowest BCUT2D eigenvalue weighted by Crippen LogP contribution is -2.29. The first-order chi connectivity index (χ1) is 14.6. The van der Waals surface area contributed by atoms with Crippen LogP contribution in [-0.2, 0) is 13.1 Å². The van der Waals surface area contributed by atoms with E-state index in [9.17, 15) is 15.2 Å². The van der Waals surface area contributed by atoms with Crippen molar-refractivity contribution in [2.75, 3.05) is 13.2 Å². The molecule has 0 radical (unpaired) electrons. The molecule has 4 rings (SSSR count). The van der Waals surface area contributed by atoms with E-state index < -0.39 is 0 Å². The topological polar surface area (TPSA) is 80.8 Å². The molecule has 0 unspecified atom stereocenters. The summed E-state index contributed by atoms with van der Waals surface area (Å²) in [6.07, 6.45) is 3.09. The zero-order valence-corrected chi connectivity index (χ0v) is 16.9. The van der Waals surface area contributed by atoms with Gasteiger partial charge in [0.2, 0.25) is 0 Å². The molecule has 3 aromatic rings. The van der Waals surface area contributed by atoms with Crippen molar-refractivity contribution in [2.24, 2.45) is 0 Å². The molecule has 0 amide bonds. The fourth-order valence-corrected chi connectivity index (χ4v) is 4.13. The summed E-state index contributed by atoms with van der Waals surface area (Å²) < 4.78 is 7.80. The number of aromatic nitrogens is 1. The number of hydrogen-bond acceptors (Lipinski definition) is 5. The minimum atomic E-state index is -0.372. The van der Waals surface area contributed by atoms with E-state index >= 15 is 0 Å². The van der Waals surface area contributed by atoms with E-state index in [1.54, 1.807) is 18.2 Å². The van der Waals surface area contributed by atoms with E-state index in [1.165, 1.54) is 5.69 Å². The maximum Gasteiger partial charge on any atom is 0.269 e. The van der Waals surface area contributed by atoms with Crippen molar-refractivity contribution in [1.29, 1.82) is 0 Å². The van der Waals surface area contributed by atoms with Crippen molar-refractivity contribution in [1.82, 2.24) is 9.47 Å². The Kier molecular flexibility index (Phi) is 5.72. The molecule has 0 spiro atoms. The van der Waals surface area contributed by atoms with E-state index in [0.29, 0.717) is 18.9 Å². The lowest BCUT2D eigenvalue weighted by atomic mass is 10.0. The maximum absolute atomic E-state index is 11.1. The SMILES string of the molecule is CCOc1cc(CN2CCCn3cccc3[C@H]2c2ccc([N+](=O)[O-])cc2)ccc1O. The van der Waals surface area contributed by atoms with Gasteiger partial charge >= 0.3 is 0 Å². The first-order valence-corrected chi connectivity index (χ1v) is 10.1. The first kappa shape index (κ1) is 20.0. The minimum Gasteiger partial charge on any atom is -0.504 e. The Hall–Kier alpha value is -3.32. The highest BCUT2D eigenvalue weighted by Gasteiger charge is 2.28. The molecule has 0 bridgehead atoms. The van der Waals surface area contributed by atoms with Gasteiger partial charge in [-0.2, -0.15) is 0 Å². The standard InChI is InChI=1S/C23H25N3O4/c1-2-30-22-15-17(6-11-21(22)27)16-25-14-4-13-24-12-3-5-20(24)23(25)18-7-9-19(10-8-18)26(28)29/h3,5-12,15,23,27H,2,4,13-14,16H2,1H3/t23-/m1/s1. The molecule has 1 aliphatic heterocycles.